The summed E-state index contributed by atoms with van der Waals surface area (Å²) in [5.74, 6) is 1.37. The average Bonchev–Trinajstić information content (AvgIpc) is 3.13. The summed E-state index contributed by atoms with van der Waals surface area (Å²) >= 11 is 1.42. The molecule has 1 N–H and O–H groups in total. The molecule has 1 amide bonds. The number of carbonyl (C=O) groups is 1. The van der Waals surface area contributed by atoms with Gasteiger partial charge in [-0.05, 0) is 37.2 Å². The van der Waals surface area contributed by atoms with Gasteiger partial charge in [0.2, 0.25) is 5.91 Å². The van der Waals surface area contributed by atoms with E-state index in [1.165, 1.54) is 30.1 Å². The Bertz CT molecular complexity index is 594. The van der Waals surface area contributed by atoms with Gasteiger partial charge >= 0.3 is 0 Å². The van der Waals surface area contributed by atoms with Crippen LogP contribution in [0.5, 0.6) is 0 Å². The second kappa shape index (κ2) is 8.15. The Morgan fingerprint density at radius 1 is 1.26 bits per heavy atom. The van der Waals surface area contributed by atoms with Crippen LogP contribution in [0.25, 0.3) is 0 Å². The molecule has 1 saturated heterocycles. The number of carbonyl (C=O) groups excluding carboxylic acids is 1. The number of amides is 1. The van der Waals surface area contributed by atoms with Gasteiger partial charge in [0.05, 0.1) is 5.75 Å². The van der Waals surface area contributed by atoms with Crippen molar-refractivity contribution in [2.75, 3.05) is 18.8 Å². The molecule has 23 heavy (non-hydrogen) atoms. The molecule has 2 heterocycles. The van der Waals surface area contributed by atoms with Gasteiger partial charge in [-0.15, -0.1) is 0 Å². The number of thioether (sulfide) groups is 1. The van der Waals surface area contributed by atoms with Crippen molar-refractivity contribution in [1.29, 1.82) is 0 Å². The molecule has 1 aliphatic heterocycles. The van der Waals surface area contributed by atoms with Gasteiger partial charge in [-0.2, -0.15) is 5.10 Å². The topological polar surface area (TPSA) is 61.9 Å². The molecule has 1 aromatic heterocycles. The fourth-order valence-corrected chi connectivity index (χ4v) is 3.65. The summed E-state index contributed by atoms with van der Waals surface area (Å²) in [6.45, 7) is 1.77. The molecule has 0 radical (unpaired) electrons. The van der Waals surface area contributed by atoms with E-state index in [0.29, 0.717) is 10.9 Å². The maximum atomic E-state index is 12.2. The molecule has 1 fully saturated rings. The van der Waals surface area contributed by atoms with E-state index in [2.05, 4.69) is 45.5 Å². The van der Waals surface area contributed by atoms with E-state index < -0.39 is 0 Å². The van der Waals surface area contributed by atoms with Crippen LogP contribution in [0.3, 0.4) is 0 Å². The molecule has 0 saturated carbocycles. The molecule has 5 nitrogen and oxygen atoms in total. The largest absolute Gasteiger partial charge is 0.342 e. The van der Waals surface area contributed by atoms with E-state index in [4.69, 9.17) is 0 Å². The highest BCUT2D eigenvalue weighted by Gasteiger charge is 2.22. The summed E-state index contributed by atoms with van der Waals surface area (Å²) in [6, 6.07) is 10.6. The molecule has 0 aliphatic carbocycles. The number of hydrogen-bond donors (Lipinski definition) is 1. The summed E-state index contributed by atoms with van der Waals surface area (Å²) < 4.78 is 0. The lowest BCUT2D eigenvalue weighted by molar-refractivity contribution is -0.129. The van der Waals surface area contributed by atoms with Crippen molar-refractivity contribution in [2.45, 2.75) is 30.8 Å². The van der Waals surface area contributed by atoms with Crippen molar-refractivity contribution < 1.29 is 4.79 Å². The standard InChI is InChI=1S/C17H22N4OS/c22-16(12-23-17-18-13-19-20-17)21-10-8-15(9-11-21)7-6-14-4-2-1-3-5-14/h1-5,13,15H,6-12H2,(H,18,19,20). The van der Waals surface area contributed by atoms with Crippen molar-refractivity contribution in [1.82, 2.24) is 20.1 Å². The van der Waals surface area contributed by atoms with Gasteiger partial charge in [-0.1, -0.05) is 42.1 Å². The third-order valence-corrected chi connectivity index (χ3v) is 5.24. The summed E-state index contributed by atoms with van der Waals surface area (Å²) in [5.41, 5.74) is 1.41. The zero-order chi connectivity index (χ0) is 15.9. The SMILES string of the molecule is O=C(CSc1ncn[nH]1)N1CCC(CCc2ccccc2)CC1. The number of H-pyrrole nitrogens is 1. The van der Waals surface area contributed by atoms with Crippen molar-refractivity contribution >= 4 is 17.7 Å². The average molecular weight is 330 g/mol. The van der Waals surface area contributed by atoms with Crippen LogP contribution in [0.2, 0.25) is 0 Å². The van der Waals surface area contributed by atoms with Crippen LogP contribution < -0.4 is 0 Å². The molecule has 0 spiro atoms. The van der Waals surface area contributed by atoms with Gasteiger partial charge in [0, 0.05) is 13.1 Å². The molecule has 1 aromatic carbocycles. The molecule has 0 bridgehead atoms. The molecule has 3 rings (SSSR count). The van der Waals surface area contributed by atoms with Crippen LogP contribution in [0.4, 0.5) is 0 Å². The van der Waals surface area contributed by atoms with Crippen LogP contribution >= 0.6 is 11.8 Å². The van der Waals surface area contributed by atoms with E-state index >= 15 is 0 Å². The fourth-order valence-electron chi connectivity index (χ4n) is 2.97. The highest BCUT2D eigenvalue weighted by Crippen LogP contribution is 2.23. The molecule has 1 aliphatic rings. The summed E-state index contributed by atoms with van der Waals surface area (Å²) in [6.07, 6.45) is 6.06. The Labute approximate surface area is 140 Å². The highest BCUT2D eigenvalue weighted by molar-refractivity contribution is 7.99. The van der Waals surface area contributed by atoms with Crippen molar-refractivity contribution in [2.24, 2.45) is 5.92 Å². The van der Waals surface area contributed by atoms with Gasteiger partial charge in [-0.25, -0.2) is 4.98 Å². The van der Waals surface area contributed by atoms with E-state index in [1.54, 1.807) is 0 Å². The minimum absolute atomic E-state index is 0.202. The highest BCUT2D eigenvalue weighted by atomic mass is 32.2. The van der Waals surface area contributed by atoms with E-state index in [1.807, 2.05) is 4.90 Å². The summed E-state index contributed by atoms with van der Waals surface area (Å²) in [4.78, 5) is 18.2. The maximum Gasteiger partial charge on any atom is 0.233 e. The Hall–Kier alpha value is -1.82. The number of aryl methyl sites for hydroxylation is 1. The Kier molecular flexibility index (Phi) is 5.69. The number of benzene rings is 1. The second-order valence-corrected chi connectivity index (χ2v) is 6.89. The first-order chi connectivity index (χ1) is 11.3. The number of likely N-dealkylation sites (tertiary alicyclic amines) is 1. The monoisotopic (exact) mass is 330 g/mol. The lowest BCUT2D eigenvalue weighted by Gasteiger charge is -2.32. The smallest absolute Gasteiger partial charge is 0.233 e. The summed E-state index contributed by atoms with van der Waals surface area (Å²) in [5, 5.41) is 7.26. The first-order valence-corrected chi connectivity index (χ1v) is 9.09. The molecular formula is C17H22N4OS. The van der Waals surface area contributed by atoms with Gasteiger partial charge < -0.3 is 4.90 Å². The number of rotatable bonds is 6. The quantitative estimate of drug-likeness (QED) is 0.827. The Balaban J connectivity index is 1.37. The molecule has 0 unspecified atom stereocenters. The Morgan fingerprint density at radius 2 is 2.04 bits per heavy atom. The molecule has 2 aromatic rings. The number of nitrogens with zero attached hydrogens (tertiary/aromatic N) is 3. The maximum absolute atomic E-state index is 12.2. The van der Waals surface area contributed by atoms with Gasteiger partial charge in [0.1, 0.15) is 6.33 Å². The van der Waals surface area contributed by atoms with Crippen LogP contribution in [0, 0.1) is 5.92 Å². The lowest BCUT2D eigenvalue weighted by atomic mass is 9.90. The fraction of sp³-hybridized carbons (Fsp3) is 0.471. The van der Waals surface area contributed by atoms with Gasteiger partial charge in [-0.3, -0.25) is 9.89 Å². The number of nitrogens with one attached hydrogen (secondary N) is 1. The van der Waals surface area contributed by atoms with Crippen LogP contribution in [0.15, 0.2) is 41.8 Å². The number of aromatic nitrogens is 3. The number of piperidine rings is 1. The number of hydrogen-bond acceptors (Lipinski definition) is 4. The van der Waals surface area contributed by atoms with Gasteiger partial charge in [0.15, 0.2) is 5.16 Å². The van der Waals surface area contributed by atoms with E-state index in [9.17, 15) is 4.79 Å². The third kappa shape index (κ3) is 4.82. The van der Waals surface area contributed by atoms with Crippen LogP contribution in [-0.4, -0.2) is 44.8 Å². The summed E-state index contributed by atoms with van der Waals surface area (Å²) in [7, 11) is 0. The predicted molar refractivity (Wildman–Crippen MR) is 91.2 cm³/mol. The first kappa shape index (κ1) is 16.1. The van der Waals surface area contributed by atoms with Crippen LogP contribution in [-0.2, 0) is 11.2 Å². The zero-order valence-corrected chi connectivity index (χ0v) is 14.0. The number of aromatic amines is 1. The normalized spacial score (nSPS) is 15.7. The van der Waals surface area contributed by atoms with Crippen molar-refractivity contribution in [3.63, 3.8) is 0 Å². The minimum atomic E-state index is 0.202. The minimum Gasteiger partial charge on any atom is -0.342 e. The van der Waals surface area contributed by atoms with E-state index in [-0.39, 0.29) is 5.91 Å². The molecular weight excluding hydrogens is 308 g/mol. The third-order valence-electron chi connectivity index (χ3n) is 4.38. The first-order valence-electron chi connectivity index (χ1n) is 8.11. The molecule has 0 atom stereocenters. The van der Waals surface area contributed by atoms with Crippen molar-refractivity contribution in [3.05, 3.63) is 42.2 Å². The van der Waals surface area contributed by atoms with Crippen molar-refractivity contribution in [3.8, 4) is 0 Å². The zero-order valence-electron chi connectivity index (χ0n) is 13.1. The van der Waals surface area contributed by atoms with Gasteiger partial charge in [0.25, 0.3) is 0 Å². The Morgan fingerprint density at radius 3 is 2.74 bits per heavy atom. The predicted octanol–water partition coefficient (Wildman–Crippen LogP) is 2.77. The molecule has 6 heteroatoms. The van der Waals surface area contributed by atoms with E-state index in [0.717, 1.165) is 38.3 Å². The molecule has 122 valence electrons. The lowest BCUT2D eigenvalue weighted by Crippen LogP contribution is -2.39. The van der Waals surface area contributed by atoms with Crippen LogP contribution in [0.1, 0.15) is 24.8 Å². The second-order valence-electron chi connectivity index (χ2n) is 5.93.